The topological polar surface area (TPSA) is 32.5 Å². The summed E-state index contributed by atoms with van der Waals surface area (Å²) in [5.41, 5.74) is 5.58. The van der Waals surface area contributed by atoms with Gasteiger partial charge in [-0.25, -0.2) is 0 Å². The second-order valence-corrected chi connectivity index (χ2v) is 5.32. The maximum absolute atomic E-state index is 5.58. The molecule has 3 nitrogen and oxygen atoms in total. The van der Waals surface area contributed by atoms with E-state index in [1.54, 1.807) is 0 Å². The smallest absolute Gasteiger partial charge is 0.0109 e. The minimum absolute atomic E-state index is 0.827. The van der Waals surface area contributed by atoms with E-state index in [2.05, 4.69) is 23.6 Å². The fourth-order valence-electron chi connectivity index (χ4n) is 2.66. The predicted molar refractivity (Wildman–Crippen MR) is 75.2 cm³/mol. The molecule has 17 heavy (non-hydrogen) atoms. The van der Waals surface area contributed by atoms with Crippen LogP contribution in [-0.2, 0) is 0 Å². The van der Waals surface area contributed by atoms with Gasteiger partial charge in [0.15, 0.2) is 0 Å². The fourth-order valence-corrected chi connectivity index (χ4v) is 2.66. The molecule has 0 aliphatic carbocycles. The van der Waals surface area contributed by atoms with Crippen molar-refractivity contribution in [1.82, 2.24) is 9.80 Å². The van der Waals surface area contributed by atoms with Gasteiger partial charge in [-0.05, 0) is 44.9 Å². The lowest BCUT2D eigenvalue weighted by Crippen LogP contribution is -2.34. The van der Waals surface area contributed by atoms with Crippen LogP contribution in [-0.4, -0.2) is 55.6 Å². The molecular formula is C14H31N3. The Balaban J connectivity index is 2.26. The average molecular weight is 241 g/mol. The Bertz CT molecular complexity index is 180. The first kappa shape index (κ1) is 14.9. The van der Waals surface area contributed by atoms with Crippen LogP contribution in [0.3, 0.4) is 0 Å². The Hall–Kier alpha value is -0.120. The Morgan fingerprint density at radius 2 is 1.65 bits per heavy atom. The summed E-state index contributed by atoms with van der Waals surface area (Å²) in [6.07, 6.45) is 5.12. The molecule has 0 aromatic rings. The summed E-state index contributed by atoms with van der Waals surface area (Å²) in [6.45, 7) is 13.0. The molecule has 0 unspecified atom stereocenters. The highest BCUT2D eigenvalue weighted by Crippen LogP contribution is 2.12. The molecule has 0 aromatic carbocycles. The average Bonchev–Trinajstić information content (AvgIpc) is 2.58. The molecule has 1 saturated heterocycles. The molecule has 2 N–H and O–H groups in total. The van der Waals surface area contributed by atoms with Crippen molar-refractivity contribution in [3.05, 3.63) is 0 Å². The van der Waals surface area contributed by atoms with E-state index in [1.165, 1.54) is 58.5 Å². The van der Waals surface area contributed by atoms with E-state index in [9.17, 15) is 0 Å². The Kier molecular flexibility index (Phi) is 7.82. The molecule has 1 aliphatic rings. The highest BCUT2D eigenvalue weighted by Gasteiger charge is 2.16. The molecule has 102 valence electrons. The van der Waals surface area contributed by atoms with Gasteiger partial charge in [0.05, 0.1) is 0 Å². The molecule has 0 atom stereocenters. The van der Waals surface area contributed by atoms with E-state index in [-0.39, 0.29) is 0 Å². The van der Waals surface area contributed by atoms with Crippen molar-refractivity contribution in [1.29, 1.82) is 0 Å². The Morgan fingerprint density at radius 1 is 1.00 bits per heavy atom. The SMILES string of the molecule is CCC(CC)CN1CCCN(CCCN)CC1. The maximum Gasteiger partial charge on any atom is 0.0109 e. The zero-order valence-electron chi connectivity index (χ0n) is 11.8. The lowest BCUT2D eigenvalue weighted by atomic mass is 10.0. The van der Waals surface area contributed by atoms with E-state index in [0.717, 1.165) is 18.9 Å². The van der Waals surface area contributed by atoms with Crippen LogP contribution in [0.4, 0.5) is 0 Å². The molecule has 1 aliphatic heterocycles. The van der Waals surface area contributed by atoms with Crippen LogP contribution in [0.25, 0.3) is 0 Å². The molecule has 0 radical (unpaired) electrons. The number of hydrogen-bond donors (Lipinski definition) is 1. The van der Waals surface area contributed by atoms with E-state index in [1.807, 2.05) is 0 Å². The largest absolute Gasteiger partial charge is 0.330 e. The second kappa shape index (κ2) is 8.90. The number of rotatable bonds is 7. The molecule has 1 heterocycles. The summed E-state index contributed by atoms with van der Waals surface area (Å²) in [5.74, 6) is 0.894. The van der Waals surface area contributed by atoms with Crippen molar-refractivity contribution in [3.8, 4) is 0 Å². The normalized spacial score (nSPS) is 19.8. The Labute approximate surface area is 107 Å². The van der Waals surface area contributed by atoms with Crippen molar-refractivity contribution in [3.63, 3.8) is 0 Å². The molecule has 0 spiro atoms. The van der Waals surface area contributed by atoms with Gasteiger partial charge in [-0.3, -0.25) is 0 Å². The molecule has 0 saturated carbocycles. The summed E-state index contributed by atoms with van der Waals surface area (Å²) in [5, 5.41) is 0. The third-order valence-corrected chi connectivity index (χ3v) is 4.03. The van der Waals surface area contributed by atoms with Gasteiger partial charge in [0, 0.05) is 19.6 Å². The standard InChI is InChI=1S/C14H31N3/c1-3-14(4-2)13-17-10-6-9-16(11-12-17)8-5-7-15/h14H,3-13,15H2,1-2H3. The van der Waals surface area contributed by atoms with E-state index < -0.39 is 0 Å². The van der Waals surface area contributed by atoms with Crippen LogP contribution in [0.15, 0.2) is 0 Å². The van der Waals surface area contributed by atoms with Crippen molar-refractivity contribution in [2.45, 2.75) is 39.5 Å². The highest BCUT2D eigenvalue weighted by atomic mass is 15.2. The van der Waals surface area contributed by atoms with Gasteiger partial charge in [-0.1, -0.05) is 26.7 Å². The van der Waals surface area contributed by atoms with E-state index in [0.29, 0.717) is 0 Å². The fraction of sp³-hybridized carbons (Fsp3) is 1.00. The van der Waals surface area contributed by atoms with Crippen molar-refractivity contribution < 1.29 is 0 Å². The molecule has 1 rings (SSSR count). The second-order valence-electron chi connectivity index (χ2n) is 5.32. The summed E-state index contributed by atoms with van der Waals surface area (Å²) < 4.78 is 0. The van der Waals surface area contributed by atoms with Crippen molar-refractivity contribution in [2.24, 2.45) is 11.7 Å². The van der Waals surface area contributed by atoms with Crippen LogP contribution in [0.2, 0.25) is 0 Å². The van der Waals surface area contributed by atoms with Gasteiger partial charge < -0.3 is 15.5 Å². The maximum atomic E-state index is 5.58. The molecular weight excluding hydrogens is 210 g/mol. The third-order valence-electron chi connectivity index (χ3n) is 4.03. The number of hydrogen-bond acceptors (Lipinski definition) is 3. The van der Waals surface area contributed by atoms with Gasteiger partial charge in [-0.2, -0.15) is 0 Å². The van der Waals surface area contributed by atoms with Gasteiger partial charge in [0.25, 0.3) is 0 Å². The zero-order chi connectivity index (χ0) is 12.5. The monoisotopic (exact) mass is 241 g/mol. The van der Waals surface area contributed by atoms with Crippen LogP contribution >= 0.6 is 0 Å². The van der Waals surface area contributed by atoms with Gasteiger partial charge in [-0.15, -0.1) is 0 Å². The lowest BCUT2D eigenvalue weighted by Gasteiger charge is -2.25. The predicted octanol–water partition coefficient (Wildman–Crippen LogP) is 1.78. The first-order chi connectivity index (χ1) is 8.30. The van der Waals surface area contributed by atoms with Crippen LogP contribution < -0.4 is 5.73 Å². The summed E-state index contributed by atoms with van der Waals surface area (Å²) >= 11 is 0. The molecule has 1 fully saturated rings. The summed E-state index contributed by atoms with van der Waals surface area (Å²) in [4.78, 5) is 5.25. The summed E-state index contributed by atoms with van der Waals surface area (Å²) in [7, 11) is 0. The first-order valence-electron chi connectivity index (χ1n) is 7.44. The van der Waals surface area contributed by atoms with Gasteiger partial charge in [0.1, 0.15) is 0 Å². The highest BCUT2D eigenvalue weighted by molar-refractivity contribution is 4.72. The third kappa shape index (κ3) is 5.84. The van der Waals surface area contributed by atoms with Crippen molar-refractivity contribution >= 4 is 0 Å². The molecule has 0 bridgehead atoms. The van der Waals surface area contributed by atoms with Crippen LogP contribution in [0.1, 0.15) is 39.5 Å². The number of nitrogens with zero attached hydrogens (tertiary/aromatic N) is 2. The van der Waals surface area contributed by atoms with Crippen LogP contribution in [0, 0.1) is 5.92 Å². The van der Waals surface area contributed by atoms with Gasteiger partial charge >= 0.3 is 0 Å². The molecule has 3 heteroatoms. The van der Waals surface area contributed by atoms with Crippen molar-refractivity contribution in [2.75, 3.05) is 45.8 Å². The Morgan fingerprint density at radius 3 is 2.29 bits per heavy atom. The zero-order valence-corrected chi connectivity index (χ0v) is 11.8. The quantitative estimate of drug-likeness (QED) is 0.737. The molecule has 0 amide bonds. The van der Waals surface area contributed by atoms with Gasteiger partial charge in [0.2, 0.25) is 0 Å². The van der Waals surface area contributed by atoms with E-state index >= 15 is 0 Å². The molecule has 0 aromatic heterocycles. The van der Waals surface area contributed by atoms with Crippen LogP contribution in [0.5, 0.6) is 0 Å². The minimum Gasteiger partial charge on any atom is -0.330 e. The summed E-state index contributed by atoms with van der Waals surface area (Å²) in [6, 6.07) is 0. The van der Waals surface area contributed by atoms with E-state index in [4.69, 9.17) is 5.73 Å². The minimum atomic E-state index is 0.827. The lowest BCUT2D eigenvalue weighted by molar-refractivity contribution is 0.221. The number of nitrogens with two attached hydrogens (primary N) is 1. The first-order valence-corrected chi connectivity index (χ1v) is 7.44.